The SMILES string of the molecule is CCC1COCCN1C(C)C(=O)O. The van der Waals surface area contributed by atoms with Crippen molar-refractivity contribution in [2.24, 2.45) is 0 Å². The van der Waals surface area contributed by atoms with E-state index in [0.717, 1.165) is 13.0 Å². The summed E-state index contributed by atoms with van der Waals surface area (Å²) in [6.07, 6.45) is 0.942. The van der Waals surface area contributed by atoms with E-state index in [1.54, 1.807) is 6.92 Å². The van der Waals surface area contributed by atoms with Crippen LogP contribution in [0.4, 0.5) is 0 Å². The van der Waals surface area contributed by atoms with Gasteiger partial charge in [0.05, 0.1) is 13.2 Å². The topological polar surface area (TPSA) is 49.8 Å². The second kappa shape index (κ2) is 4.58. The molecule has 0 aromatic carbocycles. The van der Waals surface area contributed by atoms with Crippen molar-refractivity contribution in [2.75, 3.05) is 19.8 Å². The van der Waals surface area contributed by atoms with Crippen LogP contribution in [0.25, 0.3) is 0 Å². The van der Waals surface area contributed by atoms with Gasteiger partial charge in [-0.25, -0.2) is 0 Å². The van der Waals surface area contributed by atoms with Crippen LogP contribution in [0.1, 0.15) is 20.3 Å². The molecular formula is C9H17NO3. The lowest BCUT2D eigenvalue weighted by Gasteiger charge is -2.37. The van der Waals surface area contributed by atoms with E-state index >= 15 is 0 Å². The molecule has 0 spiro atoms. The first kappa shape index (κ1) is 10.5. The lowest BCUT2D eigenvalue weighted by molar-refractivity contribution is -0.146. The van der Waals surface area contributed by atoms with Crippen LogP contribution in [0.5, 0.6) is 0 Å². The van der Waals surface area contributed by atoms with Gasteiger partial charge in [-0.05, 0) is 13.3 Å². The number of nitrogens with zero attached hydrogens (tertiary/aromatic N) is 1. The summed E-state index contributed by atoms with van der Waals surface area (Å²) in [6, 6.07) is -0.131. The predicted octanol–water partition coefficient (Wildman–Crippen LogP) is 0.570. The number of aliphatic carboxylic acids is 1. The van der Waals surface area contributed by atoms with E-state index in [4.69, 9.17) is 9.84 Å². The normalized spacial score (nSPS) is 27.1. The number of morpholine rings is 1. The maximum Gasteiger partial charge on any atom is 0.320 e. The average molecular weight is 187 g/mol. The van der Waals surface area contributed by atoms with E-state index < -0.39 is 12.0 Å². The first-order chi connectivity index (χ1) is 6.16. The number of ether oxygens (including phenoxy) is 1. The standard InChI is InChI=1S/C9H17NO3/c1-3-8-6-13-5-4-10(8)7(2)9(11)12/h7-8H,3-6H2,1-2H3,(H,11,12). The van der Waals surface area contributed by atoms with Gasteiger partial charge in [0, 0.05) is 12.6 Å². The van der Waals surface area contributed by atoms with Crippen molar-refractivity contribution in [3.8, 4) is 0 Å². The van der Waals surface area contributed by atoms with Crippen LogP contribution in [-0.2, 0) is 9.53 Å². The highest BCUT2D eigenvalue weighted by Gasteiger charge is 2.29. The molecule has 0 aliphatic carbocycles. The number of carbonyl (C=O) groups is 1. The molecule has 1 saturated heterocycles. The molecule has 2 unspecified atom stereocenters. The molecule has 0 bridgehead atoms. The highest BCUT2D eigenvalue weighted by molar-refractivity contribution is 5.72. The summed E-state index contributed by atoms with van der Waals surface area (Å²) < 4.78 is 5.30. The Morgan fingerprint density at radius 1 is 1.77 bits per heavy atom. The monoisotopic (exact) mass is 187 g/mol. The van der Waals surface area contributed by atoms with Crippen LogP contribution in [0.3, 0.4) is 0 Å². The van der Waals surface area contributed by atoms with E-state index in [-0.39, 0.29) is 6.04 Å². The quantitative estimate of drug-likeness (QED) is 0.701. The van der Waals surface area contributed by atoms with Gasteiger partial charge >= 0.3 is 5.97 Å². The molecule has 2 atom stereocenters. The van der Waals surface area contributed by atoms with Crippen LogP contribution >= 0.6 is 0 Å². The molecule has 1 N–H and O–H groups in total. The van der Waals surface area contributed by atoms with Gasteiger partial charge in [0.25, 0.3) is 0 Å². The van der Waals surface area contributed by atoms with Gasteiger partial charge in [-0.3, -0.25) is 9.69 Å². The number of hydrogen-bond donors (Lipinski definition) is 1. The van der Waals surface area contributed by atoms with Crippen LogP contribution in [0, 0.1) is 0 Å². The first-order valence-electron chi connectivity index (χ1n) is 4.73. The zero-order valence-corrected chi connectivity index (χ0v) is 8.19. The Kier molecular flexibility index (Phi) is 3.69. The molecule has 4 heteroatoms. The average Bonchev–Trinajstić information content (AvgIpc) is 2.16. The molecule has 1 heterocycles. The fourth-order valence-corrected chi connectivity index (χ4v) is 1.67. The third-order valence-corrected chi connectivity index (χ3v) is 2.60. The third-order valence-electron chi connectivity index (χ3n) is 2.60. The third kappa shape index (κ3) is 2.42. The van der Waals surface area contributed by atoms with E-state index in [9.17, 15) is 4.79 Å². The fourth-order valence-electron chi connectivity index (χ4n) is 1.67. The van der Waals surface area contributed by atoms with Crippen LogP contribution < -0.4 is 0 Å². The Morgan fingerprint density at radius 2 is 2.46 bits per heavy atom. The van der Waals surface area contributed by atoms with Gasteiger partial charge in [0.2, 0.25) is 0 Å². The minimum Gasteiger partial charge on any atom is -0.480 e. The molecule has 76 valence electrons. The molecular weight excluding hydrogens is 170 g/mol. The molecule has 0 amide bonds. The summed E-state index contributed by atoms with van der Waals surface area (Å²) in [6.45, 7) is 5.82. The zero-order valence-electron chi connectivity index (χ0n) is 8.19. The van der Waals surface area contributed by atoms with Crippen LogP contribution in [0.15, 0.2) is 0 Å². The van der Waals surface area contributed by atoms with Crippen molar-refractivity contribution in [3.63, 3.8) is 0 Å². The summed E-state index contributed by atoms with van der Waals surface area (Å²) in [5.41, 5.74) is 0. The first-order valence-corrected chi connectivity index (χ1v) is 4.73. The highest BCUT2D eigenvalue weighted by atomic mass is 16.5. The van der Waals surface area contributed by atoms with Crippen molar-refractivity contribution in [3.05, 3.63) is 0 Å². The van der Waals surface area contributed by atoms with Gasteiger partial charge in [-0.15, -0.1) is 0 Å². The van der Waals surface area contributed by atoms with Crippen molar-refractivity contribution < 1.29 is 14.6 Å². The summed E-state index contributed by atoms with van der Waals surface area (Å²) in [5, 5.41) is 8.87. The Labute approximate surface area is 78.5 Å². The molecule has 0 radical (unpaired) electrons. The molecule has 13 heavy (non-hydrogen) atoms. The smallest absolute Gasteiger partial charge is 0.320 e. The van der Waals surface area contributed by atoms with Gasteiger partial charge < -0.3 is 9.84 Å². The van der Waals surface area contributed by atoms with Gasteiger partial charge in [0.15, 0.2) is 0 Å². The minimum atomic E-state index is -0.750. The van der Waals surface area contributed by atoms with Gasteiger partial charge in [-0.2, -0.15) is 0 Å². The van der Waals surface area contributed by atoms with Crippen molar-refractivity contribution in [1.29, 1.82) is 0 Å². The lowest BCUT2D eigenvalue weighted by Crippen LogP contribution is -2.52. The lowest BCUT2D eigenvalue weighted by atomic mass is 10.1. The van der Waals surface area contributed by atoms with E-state index in [1.165, 1.54) is 0 Å². The molecule has 1 aliphatic rings. The zero-order chi connectivity index (χ0) is 9.84. The van der Waals surface area contributed by atoms with Crippen LogP contribution in [-0.4, -0.2) is 47.8 Å². The molecule has 0 saturated carbocycles. The minimum absolute atomic E-state index is 0.264. The fraction of sp³-hybridized carbons (Fsp3) is 0.889. The molecule has 4 nitrogen and oxygen atoms in total. The largest absolute Gasteiger partial charge is 0.480 e. The second-order valence-electron chi connectivity index (χ2n) is 3.39. The van der Waals surface area contributed by atoms with E-state index in [1.807, 2.05) is 4.90 Å². The summed E-state index contributed by atoms with van der Waals surface area (Å²) in [7, 11) is 0. The number of carboxylic acids is 1. The summed E-state index contributed by atoms with van der Waals surface area (Å²) >= 11 is 0. The number of rotatable bonds is 3. The van der Waals surface area contributed by atoms with Crippen molar-refractivity contribution >= 4 is 5.97 Å². The Balaban J connectivity index is 2.58. The maximum absolute atomic E-state index is 10.8. The molecule has 1 rings (SSSR count). The van der Waals surface area contributed by atoms with E-state index in [0.29, 0.717) is 13.2 Å². The number of hydrogen-bond acceptors (Lipinski definition) is 3. The summed E-state index contributed by atoms with van der Waals surface area (Å²) in [5.74, 6) is -0.750. The predicted molar refractivity (Wildman–Crippen MR) is 48.7 cm³/mol. The summed E-state index contributed by atoms with van der Waals surface area (Å²) in [4.78, 5) is 12.8. The molecule has 0 aromatic heterocycles. The number of carboxylic acid groups (broad SMARTS) is 1. The maximum atomic E-state index is 10.8. The van der Waals surface area contributed by atoms with Gasteiger partial charge in [-0.1, -0.05) is 6.92 Å². The molecule has 1 aliphatic heterocycles. The Hall–Kier alpha value is -0.610. The highest BCUT2D eigenvalue weighted by Crippen LogP contribution is 2.13. The second-order valence-corrected chi connectivity index (χ2v) is 3.39. The van der Waals surface area contributed by atoms with Crippen molar-refractivity contribution in [2.45, 2.75) is 32.4 Å². The van der Waals surface area contributed by atoms with Crippen molar-refractivity contribution in [1.82, 2.24) is 4.90 Å². The Morgan fingerprint density at radius 3 is 3.00 bits per heavy atom. The van der Waals surface area contributed by atoms with Crippen LogP contribution in [0.2, 0.25) is 0 Å². The Bertz CT molecular complexity index is 184. The molecule has 1 fully saturated rings. The molecule has 0 aromatic rings. The van der Waals surface area contributed by atoms with E-state index in [2.05, 4.69) is 6.92 Å². The van der Waals surface area contributed by atoms with Gasteiger partial charge in [0.1, 0.15) is 6.04 Å².